The highest BCUT2D eigenvalue weighted by Crippen LogP contribution is 2.22. The Morgan fingerprint density at radius 3 is 3.05 bits per heavy atom. The minimum Gasteiger partial charge on any atom is -0.312 e. The predicted octanol–water partition coefficient (Wildman–Crippen LogP) is 3.18. The molecule has 7 heteroatoms. The lowest BCUT2D eigenvalue weighted by molar-refractivity contribution is 0.0993. The van der Waals surface area contributed by atoms with Crippen molar-refractivity contribution < 1.29 is 4.79 Å². The van der Waals surface area contributed by atoms with Crippen LogP contribution < -0.4 is 4.80 Å². The quantitative estimate of drug-likeness (QED) is 0.661. The van der Waals surface area contributed by atoms with Crippen LogP contribution in [0.2, 0.25) is 0 Å². The Morgan fingerprint density at radius 2 is 2.32 bits per heavy atom. The van der Waals surface area contributed by atoms with Crippen LogP contribution in [0.25, 0.3) is 10.2 Å². The van der Waals surface area contributed by atoms with Gasteiger partial charge in [0.05, 0.1) is 16.4 Å². The molecule has 3 rings (SSSR count). The zero-order chi connectivity index (χ0) is 15.5. The summed E-state index contributed by atoms with van der Waals surface area (Å²) in [5.41, 5.74) is 1.24. The van der Waals surface area contributed by atoms with E-state index in [1.807, 2.05) is 22.8 Å². The van der Waals surface area contributed by atoms with Gasteiger partial charge < -0.3 is 4.57 Å². The molecule has 0 saturated carbocycles. The number of hydrogen-bond donors (Lipinski definition) is 0. The Labute approximate surface area is 138 Å². The van der Waals surface area contributed by atoms with Gasteiger partial charge in [0.15, 0.2) is 4.80 Å². The highest BCUT2D eigenvalue weighted by Gasteiger charge is 2.09. The van der Waals surface area contributed by atoms with E-state index in [2.05, 4.69) is 37.5 Å². The third-order valence-corrected chi connectivity index (χ3v) is 4.47. The van der Waals surface area contributed by atoms with E-state index in [0.29, 0.717) is 11.3 Å². The number of carbonyl (C=O) groups excluding carboxylic acids is 1. The lowest BCUT2D eigenvalue weighted by Gasteiger charge is -2.00. The molecule has 2 aromatic heterocycles. The molecule has 22 heavy (non-hydrogen) atoms. The Balaban J connectivity index is 2.17. The zero-order valence-corrected chi connectivity index (χ0v) is 13.8. The second kappa shape index (κ2) is 6.33. The van der Waals surface area contributed by atoms with E-state index in [4.69, 9.17) is 0 Å². The largest absolute Gasteiger partial charge is 0.312 e. The normalized spacial score (nSPS) is 11.8. The number of fused-ring (bicyclic) bond motifs is 1. The topological polar surface area (TPSA) is 60.1 Å². The van der Waals surface area contributed by atoms with Crippen molar-refractivity contribution in [3.63, 3.8) is 0 Å². The molecule has 0 saturated heterocycles. The van der Waals surface area contributed by atoms with E-state index in [1.54, 1.807) is 6.08 Å². The summed E-state index contributed by atoms with van der Waals surface area (Å²) in [4.78, 5) is 24.9. The molecule has 0 unspecified atom stereocenters. The van der Waals surface area contributed by atoms with Gasteiger partial charge in [0.2, 0.25) is 0 Å². The van der Waals surface area contributed by atoms with Crippen molar-refractivity contribution in [2.75, 3.05) is 0 Å². The second-order valence-corrected chi connectivity index (χ2v) is 6.33. The molecule has 0 aliphatic carbocycles. The molecule has 0 spiro atoms. The second-order valence-electron chi connectivity index (χ2n) is 4.40. The summed E-state index contributed by atoms with van der Waals surface area (Å²) >= 11 is 4.90. The summed E-state index contributed by atoms with van der Waals surface area (Å²) in [6.45, 7) is 4.34. The maximum atomic E-state index is 12.2. The van der Waals surface area contributed by atoms with Crippen molar-refractivity contribution in [3.8, 4) is 0 Å². The number of nitrogens with zero attached hydrogens (tertiary/aromatic N) is 4. The van der Waals surface area contributed by atoms with Crippen LogP contribution in [0, 0.1) is 0 Å². The number of carbonyl (C=O) groups is 1. The number of benzene rings is 1. The lowest BCUT2D eigenvalue weighted by atomic mass is 10.3. The van der Waals surface area contributed by atoms with Gasteiger partial charge in [0, 0.05) is 23.4 Å². The van der Waals surface area contributed by atoms with Gasteiger partial charge in [-0.1, -0.05) is 33.3 Å². The van der Waals surface area contributed by atoms with Crippen molar-refractivity contribution >= 4 is 43.4 Å². The molecule has 110 valence electrons. The van der Waals surface area contributed by atoms with Crippen LogP contribution in [0.15, 0.2) is 58.9 Å². The monoisotopic (exact) mass is 374 g/mol. The van der Waals surface area contributed by atoms with Crippen molar-refractivity contribution in [3.05, 3.63) is 64.4 Å². The summed E-state index contributed by atoms with van der Waals surface area (Å²) < 4.78 is 3.98. The van der Waals surface area contributed by atoms with Gasteiger partial charge in [-0.2, -0.15) is 4.99 Å². The van der Waals surface area contributed by atoms with Crippen LogP contribution >= 0.6 is 27.3 Å². The minimum atomic E-state index is -0.406. The number of hydrogen-bond acceptors (Lipinski definition) is 4. The minimum absolute atomic E-state index is 0.228. The first-order valence-corrected chi connectivity index (χ1v) is 8.05. The van der Waals surface area contributed by atoms with Gasteiger partial charge in [0.25, 0.3) is 5.91 Å². The third-order valence-electron chi connectivity index (χ3n) is 2.94. The van der Waals surface area contributed by atoms with E-state index in [9.17, 15) is 4.79 Å². The highest BCUT2D eigenvalue weighted by molar-refractivity contribution is 9.10. The number of halogens is 1. The molecule has 1 amide bonds. The van der Waals surface area contributed by atoms with Crippen LogP contribution in [-0.2, 0) is 6.54 Å². The smallest absolute Gasteiger partial charge is 0.299 e. The van der Waals surface area contributed by atoms with Crippen molar-refractivity contribution in [1.29, 1.82) is 0 Å². The van der Waals surface area contributed by atoms with Gasteiger partial charge in [-0.3, -0.25) is 9.78 Å². The third kappa shape index (κ3) is 2.90. The van der Waals surface area contributed by atoms with E-state index >= 15 is 0 Å². The van der Waals surface area contributed by atoms with E-state index in [1.165, 1.54) is 29.9 Å². The summed E-state index contributed by atoms with van der Waals surface area (Å²) in [6.07, 6.45) is 6.18. The highest BCUT2D eigenvalue weighted by atomic mass is 79.9. The molecule has 0 radical (unpaired) electrons. The van der Waals surface area contributed by atoms with Crippen molar-refractivity contribution in [1.82, 2.24) is 14.5 Å². The Kier molecular flexibility index (Phi) is 4.26. The predicted molar refractivity (Wildman–Crippen MR) is 89.6 cm³/mol. The molecule has 0 fully saturated rings. The molecule has 5 nitrogen and oxygen atoms in total. The molecular formula is C15H11BrN4OS. The molecule has 0 aliphatic rings. The van der Waals surface area contributed by atoms with Crippen LogP contribution in [0.4, 0.5) is 0 Å². The van der Waals surface area contributed by atoms with Crippen LogP contribution in [0.1, 0.15) is 10.5 Å². The fraction of sp³-hybridized carbons (Fsp3) is 0.0667. The van der Waals surface area contributed by atoms with Gasteiger partial charge in [0.1, 0.15) is 5.69 Å². The lowest BCUT2D eigenvalue weighted by Crippen LogP contribution is -2.16. The number of allylic oxidation sites excluding steroid dienone is 1. The molecule has 0 bridgehead atoms. The van der Waals surface area contributed by atoms with Crippen molar-refractivity contribution in [2.24, 2.45) is 4.99 Å². The van der Waals surface area contributed by atoms with Gasteiger partial charge in [-0.15, -0.1) is 6.58 Å². The summed E-state index contributed by atoms with van der Waals surface area (Å²) in [5, 5.41) is 0. The maximum Gasteiger partial charge on any atom is 0.299 e. The fourth-order valence-electron chi connectivity index (χ4n) is 1.99. The molecular weight excluding hydrogens is 364 g/mol. The van der Waals surface area contributed by atoms with Crippen LogP contribution in [0.5, 0.6) is 0 Å². The molecule has 0 aliphatic heterocycles. The van der Waals surface area contributed by atoms with Crippen LogP contribution in [-0.4, -0.2) is 20.4 Å². The summed E-state index contributed by atoms with van der Waals surface area (Å²) in [7, 11) is 0. The van der Waals surface area contributed by atoms with E-state index < -0.39 is 5.91 Å². The number of amides is 1. The van der Waals surface area contributed by atoms with Gasteiger partial charge in [-0.05, 0) is 18.2 Å². The average Bonchev–Trinajstić information content (AvgIpc) is 2.85. The van der Waals surface area contributed by atoms with Crippen LogP contribution in [0.3, 0.4) is 0 Å². The first kappa shape index (κ1) is 14.8. The Bertz CT molecular complexity index is 914. The SMILES string of the molecule is C=CCn1c(=NC(=O)c2cnccn2)sc2cc(Br)ccc21. The van der Waals surface area contributed by atoms with Crippen molar-refractivity contribution in [2.45, 2.75) is 6.54 Å². The zero-order valence-electron chi connectivity index (χ0n) is 11.4. The first-order valence-electron chi connectivity index (χ1n) is 6.44. The number of thiazole rings is 1. The summed E-state index contributed by atoms with van der Waals surface area (Å²) in [5.74, 6) is -0.406. The molecule has 0 atom stereocenters. The molecule has 1 aromatic carbocycles. The van der Waals surface area contributed by atoms with E-state index in [-0.39, 0.29) is 5.69 Å². The maximum absolute atomic E-state index is 12.2. The number of rotatable bonds is 3. The van der Waals surface area contributed by atoms with E-state index in [0.717, 1.165) is 14.7 Å². The summed E-state index contributed by atoms with van der Waals surface area (Å²) in [6, 6.07) is 5.96. The molecule has 3 aromatic rings. The Morgan fingerprint density at radius 1 is 1.45 bits per heavy atom. The Hall–Kier alpha value is -2.12. The van der Waals surface area contributed by atoms with Gasteiger partial charge >= 0.3 is 0 Å². The molecule has 0 N–H and O–H groups in total. The number of aromatic nitrogens is 3. The standard InChI is InChI=1S/C15H11BrN4OS/c1-2-7-20-12-4-3-10(16)8-13(12)22-15(20)19-14(21)11-9-17-5-6-18-11/h2-6,8-9H,1,7H2. The molecule has 2 heterocycles. The fourth-order valence-corrected chi connectivity index (χ4v) is 3.58. The average molecular weight is 375 g/mol. The van der Waals surface area contributed by atoms with Gasteiger partial charge in [-0.25, -0.2) is 4.98 Å². The first-order chi connectivity index (χ1) is 10.7.